The van der Waals surface area contributed by atoms with Gasteiger partial charge in [0, 0.05) is 24.9 Å². The number of hydrogen-bond acceptors (Lipinski definition) is 6. The molecule has 2 amide bonds. The summed E-state index contributed by atoms with van der Waals surface area (Å²) in [5, 5.41) is 5.59. The van der Waals surface area contributed by atoms with Gasteiger partial charge < -0.3 is 15.4 Å². The maximum Gasteiger partial charge on any atom is 0.269 e. The van der Waals surface area contributed by atoms with Gasteiger partial charge in [-0.25, -0.2) is 9.38 Å². The quantitative estimate of drug-likeness (QED) is 0.569. The molecule has 1 saturated heterocycles. The van der Waals surface area contributed by atoms with Gasteiger partial charge >= 0.3 is 0 Å². The van der Waals surface area contributed by atoms with Crippen LogP contribution in [0.4, 0.5) is 10.1 Å². The standard InChI is InChI=1S/C23H17FN4O3S/c1-25-21(29)19-13-17(10-11-26-19)31-16-8-6-15(7-9-16)27-23-28-22(30)20(32-23)12-14-4-2-3-5-18(14)24/h2-13H,1H3,(H,25,29)(H,27,28,30)/b20-12-. The van der Waals surface area contributed by atoms with E-state index in [4.69, 9.17) is 4.74 Å². The fourth-order valence-electron chi connectivity index (χ4n) is 2.78. The van der Waals surface area contributed by atoms with Crippen molar-refractivity contribution in [1.82, 2.24) is 15.6 Å². The summed E-state index contributed by atoms with van der Waals surface area (Å²) >= 11 is 1.14. The van der Waals surface area contributed by atoms with Crippen LogP contribution in [0.3, 0.4) is 0 Å². The summed E-state index contributed by atoms with van der Waals surface area (Å²) in [6.45, 7) is 0. The van der Waals surface area contributed by atoms with Crippen LogP contribution in [0.1, 0.15) is 16.1 Å². The number of pyridine rings is 1. The van der Waals surface area contributed by atoms with E-state index in [-0.39, 0.29) is 17.5 Å². The number of thioether (sulfide) groups is 1. The van der Waals surface area contributed by atoms with Crippen molar-refractivity contribution >= 4 is 40.5 Å². The molecule has 0 aliphatic carbocycles. The van der Waals surface area contributed by atoms with Crippen LogP contribution >= 0.6 is 11.8 Å². The number of amidine groups is 1. The molecule has 1 aliphatic heterocycles. The zero-order chi connectivity index (χ0) is 22.5. The summed E-state index contributed by atoms with van der Waals surface area (Å²) in [4.78, 5) is 32.7. The molecule has 0 spiro atoms. The molecule has 0 radical (unpaired) electrons. The van der Waals surface area contributed by atoms with E-state index in [0.29, 0.717) is 32.8 Å². The smallest absolute Gasteiger partial charge is 0.269 e. The maximum absolute atomic E-state index is 13.8. The van der Waals surface area contributed by atoms with Gasteiger partial charge in [0.2, 0.25) is 0 Å². The largest absolute Gasteiger partial charge is 0.457 e. The number of carbonyl (C=O) groups is 2. The average molecular weight is 448 g/mol. The normalized spacial score (nSPS) is 15.6. The van der Waals surface area contributed by atoms with Crippen LogP contribution in [0.15, 0.2) is 76.8 Å². The van der Waals surface area contributed by atoms with Gasteiger partial charge in [-0.2, -0.15) is 0 Å². The summed E-state index contributed by atoms with van der Waals surface area (Å²) in [5.41, 5.74) is 1.19. The van der Waals surface area contributed by atoms with Crippen LogP contribution in [0.25, 0.3) is 6.08 Å². The Morgan fingerprint density at radius 3 is 2.69 bits per heavy atom. The summed E-state index contributed by atoms with van der Waals surface area (Å²) in [6.07, 6.45) is 2.99. The Bertz CT molecular complexity index is 1240. The molecule has 2 aromatic carbocycles. The van der Waals surface area contributed by atoms with Gasteiger partial charge in [-0.3, -0.25) is 14.6 Å². The first-order chi connectivity index (χ1) is 15.5. The fraction of sp³-hybridized carbons (Fsp3) is 0.0435. The van der Waals surface area contributed by atoms with Crippen molar-refractivity contribution in [1.29, 1.82) is 0 Å². The number of aromatic nitrogens is 1. The molecule has 0 unspecified atom stereocenters. The van der Waals surface area contributed by atoms with Gasteiger partial charge in [-0.1, -0.05) is 18.2 Å². The number of amides is 2. The average Bonchev–Trinajstić information content (AvgIpc) is 3.14. The van der Waals surface area contributed by atoms with Crippen LogP contribution in [-0.2, 0) is 4.79 Å². The SMILES string of the molecule is CNC(=O)c1cc(Oc2ccc(N=C3NC(=O)/C(=C/c4ccccc4F)S3)cc2)ccn1. The second-order valence-electron chi connectivity index (χ2n) is 6.56. The molecule has 4 rings (SSSR count). The van der Waals surface area contributed by atoms with Gasteiger partial charge in [0.15, 0.2) is 5.17 Å². The fourth-order valence-corrected chi connectivity index (χ4v) is 3.62. The van der Waals surface area contributed by atoms with Crippen molar-refractivity contribution in [2.45, 2.75) is 0 Å². The molecule has 7 nitrogen and oxygen atoms in total. The van der Waals surface area contributed by atoms with Crippen LogP contribution in [0.5, 0.6) is 11.5 Å². The molecule has 32 heavy (non-hydrogen) atoms. The Kier molecular flexibility index (Phi) is 6.27. The molecule has 160 valence electrons. The molecule has 0 atom stereocenters. The number of nitrogens with zero attached hydrogens (tertiary/aromatic N) is 2. The van der Waals surface area contributed by atoms with E-state index in [1.54, 1.807) is 54.6 Å². The van der Waals surface area contributed by atoms with Crippen molar-refractivity contribution in [2.75, 3.05) is 7.05 Å². The lowest BCUT2D eigenvalue weighted by Crippen LogP contribution is -2.19. The summed E-state index contributed by atoms with van der Waals surface area (Å²) < 4.78 is 19.6. The van der Waals surface area contributed by atoms with Crippen LogP contribution < -0.4 is 15.4 Å². The van der Waals surface area contributed by atoms with E-state index in [0.717, 1.165) is 11.8 Å². The van der Waals surface area contributed by atoms with E-state index in [1.165, 1.54) is 25.4 Å². The zero-order valence-corrected chi connectivity index (χ0v) is 17.7. The number of benzene rings is 2. The molecule has 1 aliphatic rings. The zero-order valence-electron chi connectivity index (χ0n) is 16.8. The summed E-state index contributed by atoms with van der Waals surface area (Å²) in [5.74, 6) is -0.0146. The Labute approximate surface area is 187 Å². The second-order valence-corrected chi connectivity index (χ2v) is 7.59. The molecular weight excluding hydrogens is 431 g/mol. The third-order valence-corrected chi connectivity index (χ3v) is 5.25. The van der Waals surface area contributed by atoms with Gasteiger partial charge in [0.25, 0.3) is 11.8 Å². The predicted octanol–water partition coefficient (Wildman–Crippen LogP) is 4.26. The molecule has 1 aromatic heterocycles. The molecule has 0 bridgehead atoms. The number of ether oxygens (including phenoxy) is 1. The van der Waals surface area contributed by atoms with Crippen LogP contribution in [0, 0.1) is 5.82 Å². The number of hydrogen-bond donors (Lipinski definition) is 2. The van der Waals surface area contributed by atoms with Crippen molar-refractivity contribution in [3.63, 3.8) is 0 Å². The van der Waals surface area contributed by atoms with Gasteiger partial charge in [-0.15, -0.1) is 0 Å². The van der Waals surface area contributed by atoms with Crippen molar-refractivity contribution in [3.8, 4) is 11.5 Å². The minimum Gasteiger partial charge on any atom is -0.457 e. The number of carbonyl (C=O) groups excluding carboxylic acids is 2. The lowest BCUT2D eigenvalue weighted by Gasteiger charge is -2.07. The summed E-state index contributed by atoms with van der Waals surface area (Å²) in [7, 11) is 1.53. The minimum atomic E-state index is -0.397. The molecular formula is C23H17FN4O3S. The van der Waals surface area contributed by atoms with Crippen LogP contribution in [-0.4, -0.2) is 29.0 Å². The highest BCUT2D eigenvalue weighted by atomic mass is 32.2. The van der Waals surface area contributed by atoms with E-state index >= 15 is 0 Å². The highest BCUT2D eigenvalue weighted by Gasteiger charge is 2.24. The predicted molar refractivity (Wildman–Crippen MR) is 121 cm³/mol. The Balaban J connectivity index is 1.45. The first-order valence-corrected chi connectivity index (χ1v) is 10.3. The highest BCUT2D eigenvalue weighted by molar-refractivity contribution is 8.18. The van der Waals surface area contributed by atoms with Crippen molar-refractivity contribution in [2.24, 2.45) is 4.99 Å². The molecule has 1 fully saturated rings. The number of nitrogens with one attached hydrogen (secondary N) is 2. The third kappa shape index (κ3) is 5.01. The Morgan fingerprint density at radius 1 is 1.16 bits per heavy atom. The molecule has 9 heteroatoms. The number of rotatable bonds is 5. The Hall–Kier alpha value is -3.98. The lowest BCUT2D eigenvalue weighted by atomic mass is 10.2. The van der Waals surface area contributed by atoms with E-state index in [9.17, 15) is 14.0 Å². The monoisotopic (exact) mass is 448 g/mol. The Morgan fingerprint density at radius 2 is 1.94 bits per heavy atom. The van der Waals surface area contributed by atoms with Crippen LogP contribution in [0.2, 0.25) is 0 Å². The van der Waals surface area contributed by atoms with E-state index in [2.05, 4.69) is 20.6 Å². The van der Waals surface area contributed by atoms with Crippen molar-refractivity contribution < 1.29 is 18.7 Å². The highest BCUT2D eigenvalue weighted by Crippen LogP contribution is 2.30. The molecule has 2 heterocycles. The third-order valence-electron chi connectivity index (χ3n) is 4.34. The number of halogens is 1. The number of aliphatic imine (C=N–C) groups is 1. The summed E-state index contributed by atoms with van der Waals surface area (Å²) in [6, 6.07) is 16.3. The minimum absolute atomic E-state index is 0.251. The second kappa shape index (κ2) is 9.44. The van der Waals surface area contributed by atoms with Gasteiger partial charge in [0.05, 0.1) is 10.6 Å². The lowest BCUT2D eigenvalue weighted by molar-refractivity contribution is -0.115. The maximum atomic E-state index is 13.8. The first-order valence-electron chi connectivity index (χ1n) is 9.52. The van der Waals surface area contributed by atoms with Gasteiger partial charge in [0.1, 0.15) is 23.0 Å². The van der Waals surface area contributed by atoms with Crippen molar-refractivity contribution in [3.05, 3.63) is 88.8 Å². The molecule has 3 aromatic rings. The van der Waals surface area contributed by atoms with E-state index in [1.807, 2.05) is 0 Å². The molecule has 0 saturated carbocycles. The molecule has 2 N–H and O–H groups in total. The van der Waals surface area contributed by atoms with E-state index < -0.39 is 5.82 Å². The first kappa shape index (κ1) is 21.3. The van der Waals surface area contributed by atoms with Gasteiger partial charge in [-0.05, 0) is 54.2 Å². The topological polar surface area (TPSA) is 92.7 Å².